The summed E-state index contributed by atoms with van der Waals surface area (Å²) in [5.74, 6) is 0.0717. The van der Waals surface area contributed by atoms with E-state index in [1.165, 1.54) is 10.9 Å². The van der Waals surface area contributed by atoms with Gasteiger partial charge in [-0.25, -0.2) is 15.0 Å². The first-order valence-corrected chi connectivity index (χ1v) is 10.1. The van der Waals surface area contributed by atoms with E-state index in [1.54, 1.807) is 0 Å². The van der Waals surface area contributed by atoms with Gasteiger partial charge in [-0.2, -0.15) is 0 Å². The number of aliphatic hydroxyl groups is 2. The average Bonchev–Trinajstić information content (AvgIpc) is 3.07. The number of nitrogens with two attached hydrogens (primary N) is 1. The predicted octanol–water partition coefficient (Wildman–Crippen LogP) is -16.4. The molecule has 0 aromatic carbocycles. The molecule has 0 amide bonds. The van der Waals surface area contributed by atoms with Crippen LogP contribution in [-0.4, -0.2) is 54.6 Å². The van der Waals surface area contributed by atoms with E-state index in [2.05, 4.69) is 24.0 Å². The van der Waals surface area contributed by atoms with Crippen LogP contribution in [0.15, 0.2) is 17.4 Å². The van der Waals surface area contributed by atoms with Crippen molar-refractivity contribution in [2.45, 2.75) is 24.5 Å². The van der Waals surface area contributed by atoms with Crippen molar-refractivity contribution in [2.24, 2.45) is 4.74 Å². The number of aromatic nitrogens is 4. The van der Waals surface area contributed by atoms with Crippen molar-refractivity contribution in [3.8, 4) is 0 Å². The third kappa shape index (κ3) is 8.25. The third-order valence-corrected chi connectivity index (χ3v) is 5.77. The molecule has 1 aliphatic rings. The minimum Gasteiger partial charge on any atom is -0.806 e. The molecule has 1 aliphatic heterocycles. The standard InChI is InChI=1S/C10H14N6O9P2.4Li/c11-8-5-9(13-2-12-8)16(3-14-5)10-7(18)6(17)4(24-10)1-15-26(19,20)25-27(21,22)23;;;;/h2-4,6-7,10,17-18H,1H2,(H4-2,11,12,13,19,20,21,22,23);;;;/q-2;4*+1/p-2/t4-,6-,7-,10-;;;;/m1..../s1. The Morgan fingerprint density at radius 3 is 2.32 bits per heavy atom. The summed E-state index contributed by atoms with van der Waals surface area (Å²) in [6.45, 7) is -0.806. The van der Waals surface area contributed by atoms with Crippen molar-refractivity contribution < 1.29 is 119 Å². The summed E-state index contributed by atoms with van der Waals surface area (Å²) in [7, 11) is -11.2. The van der Waals surface area contributed by atoms with Gasteiger partial charge in [0, 0.05) is 0 Å². The summed E-state index contributed by atoms with van der Waals surface area (Å²) < 4.78 is 23.3. The zero-order chi connectivity index (χ0) is 20.0. The van der Waals surface area contributed by atoms with Crippen molar-refractivity contribution >= 4 is 32.5 Å². The third-order valence-electron chi connectivity index (χ3n) is 3.64. The molecule has 0 saturated carbocycles. The van der Waals surface area contributed by atoms with Gasteiger partial charge >= 0.3 is 75.4 Å². The molecule has 2 aromatic rings. The number of imidazole rings is 1. The van der Waals surface area contributed by atoms with Crippen molar-refractivity contribution in [2.75, 3.05) is 12.3 Å². The molecule has 31 heavy (non-hydrogen) atoms. The number of hydrogen-bond donors (Lipinski definition) is 3. The zero-order valence-electron chi connectivity index (χ0n) is 17.1. The fourth-order valence-corrected chi connectivity index (χ4v) is 4.08. The minimum absolute atomic E-state index is 0. The van der Waals surface area contributed by atoms with Crippen LogP contribution in [0.5, 0.6) is 0 Å². The second kappa shape index (κ2) is 13.1. The van der Waals surface area contributed by atoms with Crippen LogP contribution in [0, 0.1) is 0 Å². The second-order valence-electron chi connectivity index (χ2n) is 5.45. The molecular weight excluding hydrogens is 438 g/mol. The molecule has 1 fully saturated rings. The van der Waals surface area contributed by atoms with Crippen LogP contribution in [0.1, 0.15) is 6.23 Å². The number of hydrogen-bond acceptors (Lipinski definition) is 14. The van der Waals surface area contributed by atoms with Gasteiger partial charge in [0.05, 0.1) is 20.7 Å². The maximum atomic E-state index is 11.3. The molecular formula is C10H12Li4N6O9P2. The largest absolute Gasteiger partial charge is 1.00 e. The molecule has 0 spiro atoms. The zero-order valence-corrected chi connectivity index (χ0v) is 18.9. The Morgan fingerprint density at radius 1 is 1.13 bits per heavy atom. The molecule has 0 bridgehead atoms. The monoisotopic (exact) mass is 450 g/mol. The Balaban J connectivity index is 0. The number of nitrogen functional groups attached to an aromatic ring is 1. The van der Waals surface area contributed by atoms with Crippen LogP contribution in [0.4, 0.5) is 5.82 Å². The van der Waals surface area contributed by atoms with Gasteiger partial charge in [-0.1, -0.05) is 7.74 Å². The van der Waals surface area contributed by atoms with Gasteiger partial charge in [0.1, 0.15) is 30.2 Å². The van der Waals surface area contributed by atoms with E-state index in [4.69, 9.17) is 10.5 Å². The van der Waals surface area contributed by atoms with Gasteiger partial charge in [0.2, 0.25) is 0 Å². The Morgan fingerprint density at radius 2 is 1.74 bits per heavy atom. The van der Waals surface area contributed by atoms with Crippen LogP contribution in [-0.2, 0) is 13.6 Å². The van der Waals surface area contributed by atoms with Crippen LogP contribution in [0.2, 0.25) is 0 Å². The SMILES string of the molecule is Nc1ncnc2c1ncn2[C@@H]1O[C@H](CN=P([O-])([O-])OP(=O)([O-])[O-])[C@@H](O)[C@H]1O.[Li+].[Li+].[Li+].[Li+]. The number of aliphatic hydroxyl groups excluding tert-OH is 2. The summed E-state index contributed by atoms with van der Waals surface area (Å²) in [4.78, 5) is 55.1. The molecule has 3 heterocycles. The Bertz CT molecular complexity index is 958. The van der Waals surface area contributed by atoms with Crippen molar-refractivity contribution in [3.05, 3.63) is 12.7 Å². The summed E-state index contributed by atoms with van der Waals surface area (Å²) in [5, 5.41) is 20.2. The number of nitrogens with zero attached hydrogens (tertiary/aromatic N) is 5. The van der Waals surface area contributed by atoms with Crippen LogP contribution in [0.25, 0.3) is 11.2 Å². The fraction of sp³-hybridized carbons (Fsp3) is 0.500. The predicted molar refractivity (Wildman–Crippen MR) is 78.6 cm³/mol. The van der Waals surface area contributed by atoms with Crippen molar-refractivity contribution in [1.82, 2.24) is 19.5 Å². The summed E-state index contributed by atoms with van der Waals surface area (Å²) in [5.41, 5.74) is 6.06. The Hall–Kier alpha value is 0.880. The molecule has 4 atom stereocenters. The molecule has 1 saturated heterocycles. The van der Waals surface area contributed by atoms with E-state index >= 15 is 0 Å². The molecule has 150 valence electrons. The van der Waals surface area contributed by atoms with Crippen LogP contribution in [0.3, 0.4) is 0 Å². The summed E-state index contributed by atoms with van der Waals surface area (Å²) in [6, 6.07) is 0. The maximum Gasteiger partial charge on any atom is 1.00 e. The molecule has 2 aromatic heterocycles. The van der Waals surface area contributed by atoms with Gasteiger partial charge in [0.15, 0.2) is 17.7 Å². The molecule has 15 nitrogen and oxygen atoms in total. The topological polar surface area (TPSA) is 250 Å². The molecule has 0 unspecified atom stereocenters. The summed E-state index contributed by atoms with van der Waals surface area (Å²) >= 11 is 0. The van der Waals surface area contributed by atoms with Gasteiger partial charge < -0.3 is 53.9 Å². The van der Waals surface area contributed by atoms with Gasteiger partial charge in [0.25, 0.3) is 0 Å². The maximum absolute atomic E-state index is 11.3. The van der Waals surface area contributed by atoms with E-state index in [1.807, 2.05) is 0 Å². The number of fused-ring (bicyclic) bond motifs is 1. The van der Waals surface area contributed by atoms with E-state index in [0.29, 0.717) is 0 Å². The number of phosphoric acid groups is 1. The van der Waals surface area contributed by atoms with Gasteiger partial charge in [-0.05, 0) is 0 Å². The van der Waals surface area contributed by atoms with Crippen molar-refractivity contribution in [3.63, 3.8) is 0 Å². The first-order valence-electron chi connectivity index (χ1n) is 7.16. The fourth-order valence-electron chi connectivity index (χ4n) is 2.50. The molecule has 0 aliphatic carbocycles. The number of ether oxygens (including phenoxy) is 1. The molecule has 3 rings (SSSR count). The van der Waals surface area contributed by atoms with E-state index in [-0.39, 0.29) is 92.4 Å². The first-order chi connectivity index (χ1) is 12.5. The average molecular weight is 450 g/mol. The Labute approximate surface area is 223 Å². The van der Waals surface area contributed by atoms with Gasteiger partial charge in [-0.3, -0.25) is 4.57 Å². The molecule has 0 radical (unpaired) electrons. The smallest absolute Gasteiger partial charge is 0.806 e. The number of rotatable bonds is 5. The Kier molecular flexibility index (Phi) is 14.4. The van der Waals surface area contributed by atoms with Crippen LogP contribution < -0.4 is 101 Å². The van der Waals surface area contributed by atoms with Crippen LogP contribution >= 0.6 is 15.6 Å². The molecule has 21 heteroatoms. The molecule has 4 N–H and O–H groups in total. The van der Waals surface area contributed by atoms with E-state index in [9.17, 15) is 34.4 Å². The normalized spacial score (nSPS) is 23.2. The van der Waals surface area contributed by atoms with E-state index in [0.717, 1.165) is 6.33 Å². The van der Waals surface area contributed by atoms with E-state index < -0.39 is 46.6 Å². The van der Waals surface area contributed by atoms with Gasteiger partial charge in [-0.15, -0.1) is 0 Å². The number of anilines is 1. The second-order valence-corrected chi connectivity index (χ2v) is 8.22. The quantitative estimate of drug-likeness (QED) is 0.283. The summed E-state index contributed by atoms with van der Waals surface area (Å²) in [6.07, 6.45) is -3.34. The van der Waals surface area contributed by atoms with Crippen molar-refractivity contribution in [1.29, 1.82) is 0 Å². The first kappa shape index (κ1) is 34.0. The minimum atomic E-state index is -5.82.